The topological polar surface area (TPSA) is 91.1 Å². The first kappa shape index (κ1) is 15.8. The molecule has 24 heavy (non-hydrogen) atoms. The standard InChI is InChI=1S/C17H20N6O/c1-2-18-17(19-10-14-8-9-21-23-14)20-11-15-12-24-16(22-15)13-6-4-3-5-7-13/h3-9,12H,2,10-11H2,1H3,(H,21,23)(H2,18,19,20). The quantitative estimate of drug-likeness (QED) is 0.478. The van der Waals surface area contributed by atoms with Gasteiger partial charge in [0.2, 0.25) is 5.89 Å². The molecule has 0 fully saturated rings. The van der Waals surface area contributed by atoms with E-state index in [2.05, 4.69) is 30.8 Å². The Bertz CT molecular complexity index is 764. The van der Waals surface area contributed by atoms with Crippen LogP contribution in [0, 0.1) is 0 Å². The highest BCUT2D eigenvalue weighted by Crippen LogP contribution is 2.18. The van der Waals surface area contributed by atoms with Crippen LogP contribution in [0.25, 0.3) is 11.5 Å². The molecule has 0 aliphatic heterocycles. The number of aromatic nitrogens is 3. The van der Waals surface area contributed by atoms with Crippen LogP contribution in [0.3, 0.4) is 0 Å². The number of rotatable bonds is 6. The van der Waals surface area contributed by atoms with Crippen LogP contribution in [0.2, 0.25) is 0 Å². The van der Waals surface area contributed by atoms with Crippen molar-refractivity contribution < 1.29 is 4.42 Å². The van der Waals surface area contributed by atoms with Gasteiger partial charge in [-0.25, -0.2) is 9.98 Å². The number of benzene rings is 1. The molecule has 0 aliphatic carbocycles. The van der Waals surface area contributed by atoms with Gasteiger partial charge in [-0.15, -0.1) is 0 Å². The predicted octanol–water partition coefficient (Wildman–Crippen LogP) is 2.32. The smallest absolute Gasteiger partial charge is 0.226 e. The average Bonchev–Trinajstić information content (AvgIpc) is 3.30. The van der Waals surface area contributed by atoms with E-state index in [-0.39, 0.29) is 0 Å². The molecule has 0 unspecified atom stereocenters. The van der Waals surface area contributed by atoms with E-state index < -0.39 is 0 Å². The third-order valence-corrected chi connectivity index (χ3v) is 3.32. The van der Waals surface area contributed by atoms with Gasteiger partial charge in [0.05, 0.1) is 18.8 Å². The molecule has 3 N–H and O–H groups in total. The van der Waals surface area contributed by atoms with Crippen LogP contribution < -0.4 is 10.6 Å². The van der Waals surface area contributed by atoms with Gasteiger partial charge in [0.15, 0.2) is 5.96 Å². The molecule has 3 rings (SSSR count). The maximum atomic E-state index is 5.53. The van der Waals surface area contributed by atoms with Crippen molar-refractivity contribution in [3.8, 4) is 11.5 Å². The van der Waals surface area contributed by atoms with Crippen LogP contribution in [-0.4, -0.2) is 27.7 Å². The van der Waals surface area contributed by atoms with Crippen LogP contribution in [0.1, 0.15) is 18.3 Å². The van der Waals surface area contributed by atoms with Crippen molar-refractivity contribution in [2.75, 3.05) is 6.54 Å². The lowest BCUT2D eigenvalue weighted by Gasteiger charge is -2.09. The summed E-state index contributed by atoms with van der Waals surface area (Å²) in [5.41, 5.74) is 2.73. The number of guanidine groups is 1. The molecule has 0 saturated carbocycles. The molecule has 0 atom stereocenters. The SMILES string of the molecule is CCNC(=NCc1coc(-c2ccccc2)n1)NCc1ccn[nH]1. The summed E-state index contributed by atoms with van der Waals surface area (Å²) >= 11 is 0. The van der Waals surface area contributed by atoms with Crippen molar-refractivity contribution in [2.24, 2.45) is 4.99 Å². The molecule has 7 heteroatoms. The Morgan fingerprint density at radius 1 is 1.21 bits per heavy atom. The Morgan fingerprint density at radius 2 is 2.08 bits per heavy atom. The van der Waals surface area contributed by atoms with Gasteiger partial charge in [0.25, 0.3) is 0 Å². The summed E-state index contributed by atoms with van der Waals surface area (Å²) in [7, 11) is 0. The van der Waals surface area contributed by atoms with E-state index in [0.29, 0.717) is 19.0 Å². The van der Waals surface area contributed by atoms with E-state index >= 15 is 0 Å². The molecule has 0 aliphatic rings. The molecule has 0 bridgehead atoms. The molecule has 2 aromatic heterocycles. The number of H-pyrrole nitrogens is 1. The fraction of sp³-hybridized carbons (Fsp3) is 0.235. The maximum absolute atomic E-state index is 5.53. The summed E-state index contributed by atoms with van der Waals surface area (Å²) in [6.45, 7) is 3.87. The minimum atomic E-state index is 0.439. The number of hydrogen-bond acceptors (Lipinski definition) is 4. The molecule has 0 radical (unpaired) electrons. The molecule has 3 aromatic rings. The number of oxazole rings is 1. The number of aromatic amines is 1. The third kappa shape index (κ3) is 4.22. The first-order chi connectivity index (χ1) is 11.8. The second-order valence-electron chi connectivity index (χ2n) is 5.14. The lowest BCUT2D eigenvalue weighted by atomic mass is 10.2. The van der Waals surface area contributed by atoms with Crippen molar-refractivity contribution in [1.82, 2.24) is 25.8 Å². The largest absolute Gasteiger partial charge is 0.444 e. The summed E-state index contributed by atoms with van der Waals surface area (Å²) in [5, 5.41) is 13.3. The summed E-state index contributed by atoms with van der Waals surface area (Å²) in [6.07, 6.45) is 3.37. The summed E-state index contributed by atoms with van der Waals surface area (Å²) < 4.78 is 5.53. The number of aliphatic imine (C=N–C) groups is 1. The molecule has 0 spiro atoms. The fourth-order valence-corrected chi connectivity index (χ4v) is 2.16. The van der Waals surface area contributed by atoms with Crippen LogP contribution in [0.15, 0.2) is 58.3 Å². The molecule has 1 aromatic carbocycles. The van der Waals surface area contributed by atoms with E-state index in [1.165, 1.54) is 0 Å². The normalized spacial score (nSPS) is 11.5. The van der Waals surface area contributed by atoms with Gasteiger partial charge in [-0.2, -0.15) is 5.10 Å². The van der Waals surface area contributed by atoms with E-state index in [0.717, 1.165) is 29.5 Å². The van der Waals surface area contributed by atoms with Gasteiger partial charge < -0.3 is 15.1 Å². The lowest BCUT2D eigenvalue weighted by molar-refractivity contribution is 0.572. The first-order valence-electron chi connectivity index (χ1n) is 7.85. The van der Waals surface area contributed by atoms with E-state index in [1.807, 2.05) is 43.3 Å². The van der Waals surface area contributed by atoms with Crippen molar-refractivity contribution >= 4 is 5.96 Å². The van der Waals surface area contributed by atoms with Crippen LogP contribution in [0.5, 0.6) is 0 Å². The fourth-order valence-electron chi connectivity index (χ4n) is 2.16. The highest BCUT2D eigenvalue weighted by atomic mass is 16.3. The van der Waals surface area contributed by atoms with Crippen molar-refractivity contribution in [2.45, 2.75) is 20.0 Å². The molecular formula is C17H20N6O. The van der Waals surface area contributed by atoms with Gasteiger partial charge in [-0.3, -0.25) is 5.10 Å². The maximum Gasteiger partial charge on any atom is 0.226 e. The average molecular weight is 324 g/mol. The van der Waals surface area contributed by atoms with Crippen molar-refractivity contribution in [3.63, 3.8) is 0 Å². The number of hydrogen-bond donors (Lipinski definition) is 3. The monoisotopic (exact) mass is 324 g/mol. The van der Waals surface area contributed by atoms with Crippen LogP contribution in [0.4, 0.5) is 0 Å². The van der Waals surface area contributed by atoms with Gasteiger partial charge >= 0.3 is 0 Å². The summed E-state index contributed by atoms with van der Waals surface area (Å²) in [6, 6.07) is 11.7. The minimum Gasteiger partial charge on any atom is -0.444 e. The third-order valence-electron chi connectivity index (χ3n) is 3.32. The molecule has 0 amide bonds. The van der Waals surface area contributed by atoms with Gasteiger partial charge in [-0.05, 0) is 25.1 Å². The van der Waals surface area contributed by atoms with Gasteiger partial charge in [-0.1, -0.05) is 18.2 Å². The Kier molecular flexibility index (Phi) is 5.24. The molecule has 124 valence electrons. The van der Waals surface area contributed by atoms with E-state index in [4.69, 9.17) is 4.42 Å². The Hall–Kier alpha value is -3.09. The zero-order valence-corrected chi connectivity index (χ0v) is 13.5. The Balaban J connectivity index is 1.62. The second-order valence-corrected chi connectivity index (χ2v) is 5.14. The molecule has 2 heterocycles. The van der Waals surface area contributed by atoms with Gasteiger partial charge in [0.1, 0.15) is 12.0 Å². The zero-order chi connectivity index (χ0) is 16.6. The summed E-state index contributed by atoms with van der Waals surface area (Å²) in [4.78, 5) is 9.00. The highest BCUT2D eigenvalue weighted by molar-refractivity contribution is 5.79. The van der Waals surface area contributed by atoms with Gasteiger partial charge in [0, 0.05) is 18.3 Å². The Morgan fingerprint density at radius 3 is 2.83 bits per heavy atom. The second kappa shape index (κ2) is 7.96. The van der Waals surface area contributed by atoms with Crippen LogP contribution in [-0.2, 0) is 13.1 Å². The zero-order valence-electron chi connectivity index (χ0n) is 13.5. The lowest BCUT2D eigenvalue weighted by Crippen LogP contribution is -2.36. The number of nitrogens with zero attached hydrogens (tertiary/aromatic N) is 3. The Labute approximate surface area is 140 Å². The molecule has 0 saturated heterocycles. The van der Waals surface area contributed by atoms with Crippen LogP contribution >= 0.6 is 0 Å². The molecular weight excluding hydrogens is 304 g/mol. The first-order valence-corrected chi connectivity index (χ1v) is 7.85. The van der Waals surface area contributed by atoms with Crippen molar-refractivity contribution in [1.29, 1.82) is 0 Å². The van der Waals surface area contributed by atoms with E-state index in [9.17, 15) is 0 Å². The predicted molar refractivity (Wildman–Crippen MR) is 92.2 cm³/mol. The highest BCUT2D eigenvalue weighted by Gasteiger charge is 2.06. The van der Waals surface area contributed by atoms with Crippen molar-refractivity contribution in [3.05, 3.63) is 60.2 Å². The minimum absolute atomic E-state index is 0.439. The number of nitrogens with one attached hydrogen (secondary N) is 3. The molecule has 7 nitrogen and oxygen atoms in total. The van der Waals surface area contributed by atoms with E-state index in [1.54, 1.807) is 12.5 Å². The summed E-state index contributed by atoms with van der Waals surface area (Å²) in [5.74, 6) is 1.33.